The quantitative estimate of drug-likeness (QED) is 0.934. The summed E-state index contributed by atoms with van der Waals surface area (Å²) in [4.78, 5) is 4.35. The molecule has 0 aliphatic carbocycles. The van der Waals surface area contributed by atoms with E-state index in [9.17, 15) is 4.21 Å². The molecule has 4 heteroatoms. The number of benzene rings is 1. The summed E-state index contributed by atoms with van der Waals surface area (Å²) in [7, 11) is -1.08. The first kappa shape index (κ1) is 14.2. The maximum Gasteiger partial charge on any atom is 0.0975 e. The molecule has 0 saturated heterocycles. The lowest BCUT2D eigenvalue weighted by atomic mass is 10.0. The van der Waals surface area contributed by atoms with Crippen LogP contribution in [0.25, 0.3) is 10.9 Å². The molecule has 0 aliphatic heterocycles. The summed E-state index contributed by atoms with van der Waals surface area (Å²) in [5.41, 5.74) is 2.10. The van der Waals surface area contributed by atoms with E-state index in [2.05, 4.69) is 15.8 Å². The van der Waals surface area contributed by atoms with Crippen LogP contribution in [0.2, 0.25) is 0 Å². The first-order valence-electron chi connectivity index (χ1n) is 6.41. The molecule has 0 bridgehead atoms. The average Bonchev–Trinajstić information content (AvgIpc) is 2.36. The normalized spacial score (nSPS) is 15.4. The number of rotatable bonds is 3. The molecule has 0 saturated carbocycles. The molecule has 2 rings (SSSR count). The van der Waals surface area contributed by atoms with Crippen molar-refractivity contribution >= 4 is 21.9 Å². The van der Waals surface area contributed by atoms with Gasteiger partial charge in [-0.1, -0.05) is 18.2 Å². The minimum absolute atomic E-state index is 0.0213. The first-order valence-corrected chi connectivity index (χ1v) is 7.56. The van der Waals surface area contributed by atoms with Crippen molar-refractivity contribution in [3.8, 4) is 0 Å². The van der Waals surface area contributed by atoms with Crippen LogP contribution in [0.5, 0.6) is 0 Å². The van der Waals surface area contributed by atoms with Crippen LogP contribution in [0.4, 0.5) is 0 Å². The van der Waals surface area contributed by atoms with Crippen LogP contribution in [0.3, 0.4) is 0 Å². The van der Waals surface area contributed by atoms with E-state index in [0.717, 1.165) is 16.5 Å². The van der Waals surface area contributed by atoms with Crippen LogP contribution in [0, 0.1) is 0 Å². The Bertz CT molecular complexity index is 599. The minimum atomic E-state index is -1.08. The van der Waals surface area contributed by atoms with Gasteiger partial charge in [0.1, 0.15) is 0 Å². The molecule has 0 aliphatic rings. The second kappa shape index (κ2) is 5.39. The number of nitrogens with one attached hydrogen (secondary N) is 1. The highest BCUT2D eigenvalue weighted by Crippen LogP contribution is 2.23. The van der Waals surface area contributed by atoms with Gasteiger partial charge in [0.25, 0.3) is 0 Å². The molecular formula is C15H20N2OS. The van der Waals surface area contributed by atoms with Crippen LogP contribution in [-0.2, 0) is 11.0 Å². The maximum absolute atomic E-state index is 12.2. The molecule has 0 fully saturated rings. The highest BCUT2D eigenvalue weighted by Gasteiger charge is 2.22. The van der Waals surface area contributed by atoms with Gasteiger partial charge in [0.05, 0.1) is 21.2 Å². The average molecular weight is 276 g/mol. The maximum atomic E-state index is 12.2. The number of hydrogen-bond donors (Lipinski definition) is 1. The number of nitrogens with zero attached hydrogens (tertiary/aromatic N) is 1. The van der Waals surface area contributed by atoms with Gasteiger partial charge < -0.3 is 0 Å². The Labute approximate surface area is 117 Å². The molecule has 0 amide bonds. The van der Waals surface area contributed by atoms with Gasteiger partial charge in [-0.25, -0.2) is 8.93 Å². The fourth-order valence-corrected chi connectivity index (χ4v) is 2.70. The fraction of sp³-hybridized carbons (Fsp3) is 0.400. The van der Waals surface area contributed by atoms with Crippen molar-refractivity contribution in [1.29, 1.82) is 0 Å². The standard InChI is InChI=1S/C15H20N2OS/c1-11(17-19(18)15(2,3)4)12-9-10-16-14-8-6-5-7-13(12)14/h5-11,17H,1-4H3/t11-,19+/m0/s1. The molecule has 1 heterocycles. The topological polar surface area (TPSA) is 42.0 Å². The van der Waals surface area contributed by atoms with E-state index in [0.29, 0.717) is 0 Å². The predicted molar refractivity (Wildman–Crippen MR) is 81.2 cm³/mol. The third-order valence-electron chi connectivity index (χ3n) is 2.99. The third-order valence-corrected chi connectivity index (χ3v) is 4.67. The van der Waals surface area contributed by atoms with Crippen LogP contribution in [-0.4, -0.2) is 13.9 Å². The van der Waals surface area contributed by atoms with Gasteiger partial charge in [0.2, 0.25) is 0 Å². The van der Waals surface area contributed by atoms with E-state index in [1.165, 1.54) is 0 Å². The van der Waals surface area contributed by atoms with Gasteiger partial charge in [-0.3, -0.25) is 4.98 Å². The Hall–Kier alpha value is -1.26. The SMILES string of the molecule is C[C@H](N[S@](=O)C(C)(C)C)c1ccnc2ccccc12. The van der Waals surface area contributed by atoms with Crippen molar-refractivity contribution < 1.29 is 4.21 Å². The Morgan fingerprint density at radius 1 is 1.21 bits per heavy atom. The van der Waals surface area contributed by atoms with Gasteiger partial charge >= 0.3 is 0 Å². The number of hydrogen-bond acceptors (Lipinski definition) is 2. The lowest BCUT2D eigenvalue weighted by Crippen LogP contribution is -2.34. The summed E-state index contributed by atoms with van der Waals surface area (Å²) in [6.07, 6.45) is 1.80. The molecule has 2 atom stereocenters. The lowest BCUT2D eigenvalue weighted by molar-refractivity contribution is 0.617. The van der Waals surface area contributed by atoms with Gasteiger partial charge in [0.15, 0.2) is 0 Å². The number of pyridine rings is 1. The summed E-state index contributed by atoms with van der Waals surface area (Å²) in [5, 5.41) is 1.11. The Morgan fingerprint density at radius 2 is 1.89 bits per heavy atom. The minimum Gasteiger partial charge on any atom is -0.256 e. The van der Waals surface area contributed by atoms with Gasteiger partial charge in [-0.2, -0.15) is 0 Å². The van der Waals surface area contributed by atoms with Crippen molar-refractivity contribution in [1.82, 2.24) is 9.71 Å². The van der Waals surface area contributed by atoms with Gasteiger partial charge in [0, 0.05) is 17.6 Å². The highest BCUT2D eigenvalue weighted by atomic mass is 32.2. The van der Waals surface area contributed by atoms with E-state index in [-0.39, 0.29) is 10.8 Å². The number of fused-ring (bicyclic) bond motifs is 1. The summed E-state index contributed by atoms with van der Waals surface area (Å²) < 4.78 is 15.1. The van der Waals surface area contributed by atoms with E-state index in [1.807, 2.05) is 52.0 Å². The zero-order chi connectivity index (χ0) is 14.0. The Kier molecular flexibility index (Phi) is 4.02. The molecular weight excluding hydrogens is 256 g/mol. The molecule has 1 aromatic heterocycles. The zero-order valence-corrected chi connectivity index (χ0v) is 12.6. The second-order valence-electron chi connectivity index (χ2n) is 5.64. The summed E-state index contributed by atoms with van der Waals surface area (Å²) in [6, 6.07) is 10.0. The van der Waals surface area contributed by atoms with E-state index in [4.69, 9.17) is 0 Å². The predicted octanol–water partition coefficient (Wildman–Crippen LogP) is 3.35. The summed E-state index contributed by atoms with van der Waals surface area (Å²) >= 11 is 0. The molecule has 19 heavy (non-hydrogen) atoms. The van der Waals surface area contributed by atoms with Crippen LogP contribution < -0.4 is 4.72 Å². The van der Waals surface area contributed by atoms with Gasteiger partial charge in [-0.05, 0) is 45.4 Å². The largest absolute Gasteiger partial charge is 0.256 e. The van der Waals surface area contributed by atoms with Crippen molar-refractivity contribution in [2.75, 3.05) is 0 Å². The molecule has 2 aromatic rings. The fourth-order valence-electron chi connectivity index (χ4n) is 1.90. The number of aromatic nitrogens is 1. The lowest BCUT2D eigenvalue weighted by Gasteiger charge is -2.22. The first-order chi connectivity index (χ1) is 8.89. The van der Waals surface area contributed by atoms with E-state index in [1.54, 1.807) is 6.20 Å². The Morgan fingerprint density at radius 3 is 2.58 bits per heavy atom. The van der Waals surface area contributed by atoms with Crippen molar-refractivity contribution in [3.05, 3.63) is 42.1 Å². The van der Waals surface area contributed by atoms with Crippen molar-refractivity contribution in [3.63, 3.8) is 0 Å². The number of para-hydroxylation sites is 1. The molecule has 102 valence electrons. The summed E-state index contributed by atoms with van der Waals surface area (Å²) in [5.74, 6) is 0. The van der Waals surface area contributed by atoms with E-state index < -0.39 is 11.0 Å². The highest BCUT2D eigenvalue weighted by molar-refractivity contribution is 7.84. The van der Waals surface area contributed by atoms with Crippen molar-refractivity contribution in [2.24, 2.45) is 0 Å². The third kappa shape index (κ3) is 3.19. The monoisotopic (exact) mass is 276 g/mol. The molecule has 1 aromatic carbocycles. The zero-order valence-electron chi connectivity index (χ0n) is 11.8. The van der Waals surface area contributed by atoms with Gasteiger partial charge in [-0.15, -0.1) is 0 Å². The molecule has 0 unspecified atom stereocenters. The van der Waals surface area contributed by atoms with Crippen LogP contribution in [0.1, 0.15) is 39.3 Å². The molecule has 0 radical (unpaired) electrons. The van der Waals surface area contributed by atoms with E-state index >= 15 is 0 Å². The van der Waals surface area contributed by atoms with Crippen LogP contribution >= 0.6 is 0 Å². The molecule has 0 spiro atoms. The Balaban J connectivity index is 2.32. The smallest absolute Gasteiger partial charge is 0.0975 e. The van der Waals surface area contributed by atoms with Crippen molar-refractivity contribution in [2.45, 2.75) is 38.5 Å². The molecule has 3 nitrogen and oxygen atoms in total. The summed E-state index contributed by atoms with van der Waals surface area (Å²) in [6.45, 7) is 7.93. The molecule has 1 N–H and O–H groups in total. The second-order valence-corrected chi connectivity index (χ2v) is 7.64. The van der Waals surface area contributed by atoms with Crippen LogP contribution in [0.15, 0.2) is 36.5 Å².